The summed E-state index contributed by atoms with van der Waals surface area (Å²) in [5, 5.41) is 0.947. The Hall–Kier alpha value is -3.85. The van der Waals surface area contributed by atoms with Crippen LogP contribution in [0.1, 0.15) is 106 Å². The van der Waals surface area contributed by atoms with Gasteiger partial charge in [0.15, 0.2) is 11.4 Å². The van der Waals surface area contributed by atoms with Gasteiger partial charge in [-0.2, -0.15) is 4.98 Å². The molecule has 16 heteroatoms. The third-order valence-electron chi connectivity index (χ3n) is 12.4. The van der Waals surface area contributed by atoms with Crippen molar-refractivity contribution in [1.29, 1.82) is 0 Å². The second-order valence-electron chi connectivity index (χ2n) is 18.0. The Morgan fingerprint density at radius 3 is 2.46 bits per heavy atom. The Labute approximate surface area is 350 Å². The normalized spacial score (nSPS) is 28.9. The number of sulfonamides is 1. The highest BCUT2D eigenvalue weighted by atomic mass is 35.5. The maximum absolute atomic E-state index is 15.0. The Bertz CT molecular complexity index is 2100. The molecule has 3 heterocycles. The summed E-state index contributed by atoms with van der Waals surface area (Å²) < 4.78 is 74.8. The third kappa shape index (κ3) is 10.0. The first-order chi connectivity index (χ1) is 27.5. The number of esters is 1. The summed E-state index contributed by atoms with van der Waals surface area (Å²) in [4.78, 5) is 63.0. The van der Waals surface area contributed by atoms with Crippen LogP contribution < -0.4 is 14.2 Å². The second kappa shape index (κ2) is 16.9. The molecule has 0 radical (unpaired) electrons. The number of rotatable bonds is 11. The molecular weight excluding hydrogens is 808 g/mol. The quantitative estimate of drug-likeness (QED) is 0.176. The number of allylic oxidation sites excluding steroid dienone is 2. The lowest BCUT2D eigenvalue weighted by Gasteiger charge is -2.34. The van der Waals surface area contributed by atoms with Crippen molar-refractivity contribution in [1.82, 2.24) is 14.6 Å². The van der Waals surface area contributed by atoms with Gasteiger partial charge >= 0.3 is 5.97 Å². The van der Waals surface area contributed by atoms with E-state index in [0.717, 1.165) is 13.8 Å². The smallest absolute Gasteiger partial charge is 0.307 e. The summed E-state index contributed by atoms with van der Waals surface area (Å²) in [6.45, 7) is 10.3. The van der Waals surface area contributed by atoms with Crippen LogP contribution in [0.15, 0.2) is 36.4 Å². The van der Waals surface area contributed by atoms with Crippen molar-refractivity contribution in [2.75, 3.05) is 6.54 Å². The van der Waals surface area contributed by atoms with Gasteiger partial charge in [-0.05, 0) is 96.1 Å². The van der Waals surface area contributed by atoms with Gasteiger partial charge in [-0.15, -0.1) is 0 Å². The van der Waals surface area contributed by atoms with E-state index in [2.05, 4.69) is 9.71 Å². The lowest BCUT2D eigenvalue weighted by atomic mass is 9.82. The van der Waals surface area contributed by atoms with Crippen LogP contribution in [0.2, 0.25) is 5.02 Å². The number of pyridine rings is 1. The molecule has 1 aromatic heterocycles. The monoisotopic (exact) mass is 863 g/mol. The number of fused-ring (bicyclic) bond motifs is 3. The Morgan fingerprint density at radius 1 is 1.08 bits per heavy atom. The molecule has 0 bridgehead atoms. The number of ketones is 1. The van der Waals surface area contributed by atoms with Crippen molar-refractivity contribution >= 4 is 56.0 Å². The molecule has 59 heavy (non-hydrogen) atoms. The molecule has 3 fully saturated rings. The zero-order chi connectivity index (χ0) is 43.2. The number of hydrogen-bond acceptors (Lipinski definition) is 10. The SMILES string of the molecule is CC(C)Oc1cc2c(Cl)cccc2c(O[C@@H]2C[C@H]3C(=O)C[C@]4(C(=O)NS(=O)(=O)C5CC5)C[C@H]4/C=C\CC[C@H](C)C[C@@H](C)[C@H](CC(=O)OC(C)(C)C(C)(F)F)C(=O)N3C2)n1. The van der Waals surface area contributed by atoms with Crippen LogP contribution in [-0.4, -0.2) is 83.4 Å². The summed E-state index contributed by atoms with van der Waals surface area (Å²) in [6.07, 6.45) is 4.89. The lowest BCUT2D eigenvalue weighted by molar-refractivity contribution is -0.197. The fourth-order valence-electron chi connectivity index (χ4n) is 8.32. The van der Waals surface area contributed by atoms with Gasteiger partial charge in [0.05, 0.1) is 41.7 Å². The first-order valence-corrected chi connectivity index (χ1v) is 22.5. The van der Waals surface area contributed by atoms with Crippen molar-refractivity contribution in [3.8, 4) is 11.8 Å². The molecular formula is C43H56ClF2N3O9S. The zero-order valence-electron chi connectivity index (χ0n) is 34.8. The Kier molecular flexibility index (Phi) is 12.8. The summed E-state index contributed by atoms with van der Waals surface area (Å²) in [5.41, 5.74) is -3.50. The Balaban J connectivity index is 1.37. The number of carbonyl (C=O) groups is 4. The van der Waals surface area contributed by atoms with Crippen LogP contribution in [0.3, 0.4) is 0 Å². The topological polar surface area (TPSA) is 158 Å². The number of aromatic nitrogens is 1. The maximum atomic E-state index is 15.0. The minimum Gasteiger partial charge on any atom is -0.475 e. The summed E-state index contributed by atoms with van der Waals surface area (Å²) in [7, 11) is -3.92. The van der Waals surface area contributed by atoms with Crippen molar-refractivity contribution in [3.63, 3.8) is 0 Å². The van der Waals surface area contributed by atoms with Gasteiger partial charge < -0.3 is 19.1 Å². The van der Waals surface area contributed by atoms with Gasteiger partial charge in [-0.3, -0.25) is 23.9 Å². The van der Waals surface area contributed by atoms with Gasteiger partial charge in [0.25, 0.3) is 5.92 Å². The minimum atomic E-state index is -3.92. The average Bonchev–Trinajstić information content (AvgIpc) is 4.05. The number of nitrogens with one attached hydrogen (secondary N) is 1. The molecule has 1 saturated heterocycles. The molecule has 2 amide bonds. The number of carbonyl (C=O) groups excluding carboxylic acids is 4. The van der Waals surface area contributed by atoms with Crippen molar-refractivity contribution in [3.05, 3.63) is 41.4 Å². The third-order valence-corrected chi connectivity index (χ3v) is 14.5. The zero-order valence-corrected chi connectivity index (χ0v) is 36.3. The number of nitrogens with zero attached hydrogens (tertiary/aromatic N) is 2. The molecule has 2 aromatic rings. The number of amides is 2. The first kappa shape index (κ1) is 44.7. The standard InChI is InChI=1S/C43H56ClF2N3O9S/c1-24(2)56-36-19-32-30(13-10-14-33(32)44)38(47-36)57-28-18-34-35(50)22-43(40(53)48-59(54,55)29-15-16-29)21-27(43)12-9-8-11-25(3)17-26(4)31(39(52)49(34)23-28)20-37(51)58-41(5,6)42(7,45)46/h9-10,12-14,19,24-29,31,34H,8,11,15-18,20-23H2,1-7H3,(H,48,53)/b12-9-/t25-,26+,27+,28+,31-,34-,43+/m0/s1. The van der Waals surface area contributed by atoms with Crippen LogP contribution >= 0.6 is 11.6 Å². The van der Waals surface area contributed by atoms with Crippen molar-refractivity contribution in [2.24, 2.45) is 29.1 Å². The van der Waals surface area contributed by atoms with Crippen LogP contribution in [0.5, 0.6) is 11.8 Å². The maximum Gasteiger partial charge on any atom is 0.307 e. The van der Waals surface area contributed by atoms with Crippen LogP contribution in [0.25, 0.3) is 10.8 Å². The van der Waals surface area contributed by atoms with Gasteiger partial charge in [-0.25, -0.2) is 17.2 Å². The van der Waals surface area contributed by atoms with Gasteiger partial charge in [-0.1, -0.05) is 43.7 Å². The van der Waals surface area contributed by atoms with E-state index >= 15 is 0 Å². The molecule has 2 aliphatic heterocycles. The highest BCUT2D eigenvalue weighted by Crippen LogP contribution is 2.57. The second-order valence-corrected chi connectivity index (χ2v) is 20.4. The first-order valence-electron chi connectivity index (χ1n) is 20.6. The van der Waals surface area contributed by atoms with Crippen molar-refractivity contribution < 1.29 is 50.6 Å². The molecule has 2 saturated carbocycles. The molecule has 1 N–H and O–H groups in total. The van der Waals surface area contributed by atoms with E-state index in [-0.39, 0.29) is 49.6 Å². The molecule has 0 unspecified atom stereocenters. The van der Waals surface area contributed by atoms with E-state index in [0.29, 0.717) is 54.8 Å². The largest absolute Gasteiger partial charge is 0.475 e. The molecule has 324 valence electrons. The van der Waals surface area contributed by atoms with Gasteiger partial charge in [0.1, 0.15) is 6.10 Å². The molecule has 4 aliphatic rings. The minimum absolute atomic E-state index is 0.0147. The highest BCUT2D eigenvalue weighted by molar-refractivity contribution is 7.90. The predicted molar refractivity (Wildman–Crippen MR) is 218 cm³/mol. The highest BCUT2D eigenvalue weighted by Gasteiger charge is 2.62. The van der Waals surface area contributed by atoms with Crippen LogP contribution in [0.4, 0.5) is 8.78 Å². The molecule has 12 nitrogen and oxygen atoms in total. The summed E-state index contributed by atoms with van der Waals surface area (Å²) >= 11 is 6.59. The van der Waals surface area contributed by atoms with E-state index in [1.54, 1.807) is 24.3 Å². The lowest BCUT2D eigenvalue weighted by Crippen LogP contribution is -2.48. The number of ether oxygens (including phenoxy) is 3. The van der Waals surface area contributed by atoms with Crippen LogP contribution in [0, 0.1) is 29.1 Å². The average molecular weight is 864 g/mol. The summed E-state index contributed by atoms with van der Waals surface area (Å²) in [5.74, 6) is -7.54. The van der Waals surface area contributed by atoms with E-state index < -0.39 is 92.1 Å². The Morgan fingerprint density at radius 2 is 1.80 bits per heavy atom. The van der Waals surface area contributed by atoms with Gasteiger partial charge in [0.2, 0.25) is 33.6 Å². The van der Waals surface area contributed by atoms with E-state index in [1.165, 1.54) is 4.90 Å². The molecule has 0 spiro atoms. The van der Waals surface area contributed by atoms with E-state index in [9.17, 15) is 36.4 Å². The number of hydrogen-bond donors (Lipinski definition) is 1. The van der Waals surface area contributed by atoms with E-state index in [4.69, 9.17) is 25.8 Å². The number of benzene rings is 1. The fourth-order valence-corrected chi connectivity index (χ4v) is 9.93. The molecule has 7 atom stereocenters. The van der Waals surface area contributed by atoms with Gasteiger partial charge in [0, 0.05) is 41.6 Å². The number of halogens is 3. The fraction of sp³-hybridized carbons (Fsp3) is 0.651. The van der Waals surface area contributed by atoms with Crippen molar-refractivity contribution in [2.45, 2.75) is 141 Å². The predicted octanol–water partition coefficient (Wildman–Crippen LogP) is 7.59. The molecule has 6 rings (SSSR count). The molecule has 1 aromatic carbocycles. The number of alkyl halides is 2. The van der Waals surface area contributed by atoms with Crippen LogP contribution in [-0.2, 0) is 33.9 Å². The number of Topliss-reactive ketones (excluding diaryl/α,β-unsaturated/α-hetero) is 1. The molecule has 2 aliphatic carbocycles. The summed E-state index contributed by atoms with van der Waals surface area (Å²) in [6, 6.07) is 5.79. The van der Waals surface area contributed by atoms with E-state index in [1.807, 2.05) is 39.8 Å².